The lowest BCUT2D eigenvalue weighted by atomic mass is 10.1. The van der Waals surface area contributed by atoms with E-state index in [9.17, 15) is 9.59 Å². The van der Waals surface area contributed by atoms with Gasteiger partial charge in [-0.25, -0.2) is 0 Å². The Hall–Kier alpha value is -1.84. The van der Waals surface area contributed by atoms with Gasteiger partial charge in [0.15, 0.2) is 0 Å². The molecular formula is C14H17NO3. The minimum Gasteiger partial charge on any atom is -0.465 e. The first kappa shape index (κ1) is 12.6. The van der Waals surface area contributed by atoms with E-state index in [1.165, 1.54) is 0 Å². The zero-order chi connectivity index (χ0) is 13.0. The first-order valence-corrected chi connectivity index (χ1v) is 6.26. The van der Waals surface area contributed by atoms with Crippen LogP contribution in [0, 0.1) is 0 Å². The van der Waals surface area contributed by atoms with Crippen LogP contribution in [0.15, 0.2) is 24.3 Å². The maximum atomic E-state index is 12.0. The summed E-state index contributed by atoms with van der Waals surface area (Å²) in [6.07, 6.45) is 2.19. The van der Waals surface area contributed by atoms with Crippen molar-refractivity contribution in [2.24, 2.45) is 0 Å². The predicted molar refractivity (Wildman–Crippen MR) is 68.4 cm³/mol. The summed E-state index contributed by atoms with van der Waals surface area (Å²) in [6, 6.07) is 7.73. The van der Waals surface area contributed by atoms with E-state index in [1.807, 2.05) is 24.3 Å². The molecule has 18 heavy (non-hydrogen) atoms. The fourth-order valence-corrected chi connectivity index (χ4v) is 2.19. The summed E-state index contributed by atoms with van der Waals surface area (Å²) in [5.41, 5.74) is 1.96. The fraction of sp³-hybridized carbons (Fsp3) is 0.429. The number of carbonyl (C=O) groups excluding carboxylic acids is 2. The molecule has 4 nitrogen and oxygen atoms in total. The zero-order valence-electron chi connectivity index (χ0n) is 10.5. The summed E-state index contributed by atoms with van der Waals surface area (Å²) in [5, 5.41) is 0. The molecule has 1 aromatic carbocycles. The number of nitrogens with zero attached hydrogens (tertiary/aromatic N) is 1. The van der Waals surface area contributed by atoms with E-state index >= 15 is 0 Å². The first-order chi connectivity index (χ1) is 8.72. The highest BCUT2D eigenvalue weighted by atomic mass is 16.5. The van der Waals surface area contributed by atoms with Crippen molar-refractivity contribution >= 4 is 17.6 Å². The van der Waals surface area contributed by atoms with Crippen molar-refractivity contribution in [1.29, 1.82) is 0 Å². The molecule has 0 aliphatic carbocycles. The van der Waals surface area contributed by atoms with Crippen LogP contribution in [-0.2, 0) is 20.7 Å². The van der Waals surface area contributed by atoms with Gasteiger partial charge in [0.1, 0.15) is 6.54 Å². The summed E-state index contributed by atoms with van der Waals surface area (Å²) in [6.45, 7) is 2.10. The van der Waals surface area contributed by atoms with Gasteiger partial charge in [-0.3, -0.25) is 9.59 Å². The van der Waals surface area contributed by atoms with Crippen molar-refractivity contribution in [1.82, 2.24) is 0 Å². The number of ether oxygens (including phenoxy) is 1. The molecule has 96 valence electrons. The number of hydrogen-bond donors (Lipinski definition) is 0. The van der Waals surface area contributed by atoms with Gasteiger partial charge in [0, 0.05) is 12.1 Å². The van der Waals surface area contributed by atoms with Crippen LogP contribution >= 0.6 is 0 Å². The molecule has 1 aliphatic rings. The maximum absolute atomic E-state index is 12.0. The Kier molecular flexibility index (Phi) is 3.97. The maximum Gasteiger partial charge on any atom is 0.326 e. The molecule has 0 unspecified atom stereocenters. The van der Waals surface area contributed by atoms with Crippen molar-refractivity contribution in [2.45, 2.75) is 26.2 Å². The summed E-state index contributed by atoms with van der Waals surface area (Å²) >= 11 is 0. The van der Waals surface area contributed by atoms with Crippen LogP contribution in [0.2, 0.25) is 0 Å². The smallest absolute Gasteiger partial charge is 0.326 e. The molecule has 0 fully saturated rings. The fourth-order valence-electron chi connectivity index (χ4n) is 2.19. The summed E-state index contributed by atoms with van der Waals surface area (Å²) in [5.74, 6) is -0.365. The largest absolute Gasteiger partial charge is 0.465 e. The first-order valence-electron chi connectivity index (χ1n) is 6.26. The monoisotopic (exact) mass is 247 g/mol. The third kappa shape index (κ3) is 2.70. The minimum atomic E-state index is -0.359. The van der Waals surface area contributed by atoms with Gasteiger partial charge in [0.2, 0.25) is 5.91 Å². The third-order valence-corrected chi connectivity index (χ3v) is 3.01. The number of hydrogen-bond acceptors (Lipinski definition) is 3. The molecule has 1 aromatic rings. The normalized spacial score (nSPS) is 14.9. The molecule has 0 atom stereocenters. The van der Waals surface area contributed by atoms with Gasteiger partial charge in [-0.15, -0.1) is 0 Å². The number of fused-ring (bicyclic) bond motifs is 1. The molecular weight excluding hydrogens is 230 g/mol. The lowest BCUT2D eigenvalue weighted by molar-refractivity contribution is -0.142. The molecule has 0 bridgehead atoms. The molecule has 4 heteroatoms. The van der Waals surface area contributed by atoms with Gasteiger partial charge in [-0.2, -0.15) is 0 Å². The molecule has 0 radical (unpaired) electrons. The van der Waals surface area contributed by atoms with Gasteiger partial charge in [0.25, 0.3) is 0 Å². The van der Waals surface area contributed by atoms with Gasteiger partial charge < -0.3 is 9.64 Å². The van der Waals surface area contributed by atoms with Gasteiger partial charge >= 0.3 is 5.97 Å². The lowest BCUT2D eigenvalue weighted by Gasteiger charge is -2.21. The second-order valence-corrected chi connectivity index (χ2v) is 4.27. The van der Waals surface area contributed by atoms with Crippen LogP contribution in [0.5, 0.6) is 0 Å². The average molecular weight is 247 g/mol. The number of carbonyl (C=O) groups is 2. The van der Waals surface area contributed by atoms with E-state index in [0.29, 0.717) is 13.0 Å². The van der Waals surface area contributed by atoms with Crippen molar-refractivity contribution in [3.63, 3.8) is 0 Å². The average Bonchev–Trinajstić information content (AvgIpc) is 2.51. The number of aryl methyl sites for hydroxylation is 1. The molecule has 0 saturated heterocycles. The number of para-hydroxylation sites is 1. The molecule has 0 N–H and O–H groups in total. The summed E-state index contributed by atoms with van der Waals surface area (Å²) < 4.78 is 4.92. The van der Waals surface area contributed by atoms with Crippen LogP contribution in [0.25, 0.3) is 0 Å². The van der Waals surface area contributed by atoms with Crippen LogP contribution in [0.1, 0.15) is 25.3 Å². The highest BCUT2D eigenvalue weighted by Crippen LogP contribution is 2.26. The highest BCUT2D eigenvalue weighted by Gasteiger charge is 2.24. The topological polar surface area (TPSA) is 46.6 Å². The Morgan fingerprint density at radius 2 is 2.11 bits per heavy atom. The molecule has 2 rings (SSSR count). The van der Waals surface area contributed by atoms with Gasteiger partial charge in [-0.05, 0) is 31.4 Å². The Balaban J connectivity index is 2.25. The highest BCUT2D eigenvalue weighted by molar-refractivity contribution is 5.98. The van der Waals surface area contributed by atoms with Crippen molar-refractivity contribution in [2.75, 3.05) is 18.1 Å². The Bertz CT molecular complexity index is 456. The quantitative estimate of drug-likeness (QED) is 0.767. The van der Waals surface area contributed by atoms with E-state index in [-0.39, 0.29) is 18.4 Å². The Labute approximate surface area is 107 Å². The van der Waals surface area contributed by atoms with Crippen LogP contribution in [-0.4, -0.2) is 25.0 Å². The number of rotatable bonds is 3. The SMILES string of the molecule is CCOC(=O)CN1C(=O)CCCc2ccccc21. The van der Waals surface area contributed by atoms with E-state index in [4.69, 9.17) is 4.74 Å². The van der Waals surface area contributed by atoms with E-state index in [1.54, 1.807) is 11.8 Å². The third-order valence-electron chi connectivity index (χ3n) is 3.01. The predicted octanol–water partition coefficient (Wildman–Crippen LogP) is 1.92. The summed E-state index contributed by atoms with van der Waals surface area (Å²) in [4.78, 5) is 25.1. The number of amides is 1. The molecule has 0 aromatic heterocycles. The van der Waals surface area contributed by atoms with E-state index in [2.05, 4.69) is 0 Å². The van der Waals surface area contributed by atoms with E-state index < -0.39 is 0 Å². The Morgan fingerprint density at radius 3 is 2.89 bits per heavy atom. The van der Waals surface area contributed by atoms with E-state index in [0.717, 1.165) is 24.1 Å². The molecule has 1 aliphatic heterocycles. The zero-order valence-corrected chi connectivity index (χ0v) is 10.5. The summed E-state index contributed by atoms with van der Waals surface area (Å²) in [7, 11) is 0. The van der Waals surface area contributed by atoms with Crippen LogP contribution in [0.4, 0.5) is 5.69 Å². The number of benzene rings is 1. The minimum absolute atomic E-state index is 0.00366. The molecule has 1 heterocycles. The standard InChI is InChI=1S/C14H17NO3/c1-2-18-14(17)10-15-12-8-4-3-6-11(12)7-5-9-13(15)16/h3-4,6,8H,2,5,7,9-10H2,1H3. The number of anilines is 1. The van der Waals surface area contributed by atoms with Gasteiger partial charge in [0.05, 0.1) is 6.61 Å². The Morgan fingerprint density at radius 1 is 1.33 bits per heavy atom. The van der Waals surface area contributed by atoms with Gasteiger partial charge in [-0.1, -0.05) is 18.2 Å². The molecule has 1 amide bonds. The lowest BCUT2D eigenvalue weighted by Crippen LogP contribution is -2.36. The van der Waals surface area contributed by atoms with Crippen molar-refractivity contribution in [3.8, 4) is 0 Å². The number of esters is 1. The second-order valence-electron chi connectivity index (χ2n) is 4.27. The molecule has 0 spiro atoms. The van der Waals surface area contributed by atoms with Crippen LogP contribution in [0.3, 0.4) is 0 Å². The van der Waals surface area contributed by atoms with Crippen LogP contribution < -0.4 is 4.90 Å². The van der Waals surface area contributed by atoms with Crippen molar-refractivity contribution in [3.05, 3.63) is 29.8 Å². The second kappa shape index (κ2) is 5.67. The van der Waals surface area contributed by atoms with Crippen molar-refractivity contribution < 1.29 is 14.3 Å². The molecule has 0 saturated carbocycles.